The van der Waals surface area contributed by atoms with Crippen molar-refractivity contribution in [1.29, 1.82) is 0 Å². The summed E-state index contributed by atoms with van der Waals surface area (Å²) >= 11 is 1.59. The van der Waals surface area contributed by atoms with Crippen LogP contribution in [0.4, 0.5) is 0 Å². The molecule has 0 aromatic carbocycles. The molecule has 1 amide bonds. The second-order valence-electron chi connectivity index (χ2n) is 6.45. The molecule has 1 aromatic rings. The number of piperidine rings is 1. The summed E-state index contributed by atoms with van der Waals surface area (Å²) in [6, 6.07) is 2.17. The van der Waals surface area contributed by atoms with Gasteiger partial charge in [-0.25, -0.2) is 13.1 Å². The van der Waals surface area contributed by atoms with Crippen LogP contribution >= 0.6 is 11.3 Å². The van der Waals surface area contributed by atoms with Crippen LogP contribution in [0, 0.1) is 5.41 Å². The number of nitrogens with one attached hydrogen (secondary N) is 2. The summed E-state index contributed by atoms with van der Waals surface area (Å²) in [6.07, 6.45) is 3.11. The Hall–Kier alpha value is -0.960. The molecular formula is C15H23N3O3S2. The predicted octanol–water partition coefficient (Wildman–Crippen LogP) is 0.768. The molecule has 1 saturated heterocycles. The topological polar surface area (TPSA) is 78.5 Å². The van der Waals surface area contributed by atoms with Crippen molar-refractivity contribution in [2.24, 2.45) is 5.41 Å². The number of sulfonamides is 1. The summed E-state index contributed by atoms with van der Waals surface area (Å²) in [6.45, 7) is 2.46. The SMILES string of the molecule is CNS(=O)(=O)CC(=O)N(Cc1ccsc1)[C@@H]1CC12CCNCC2. The molecule has 1 aliphatic carbocycles. The van der Waals surface area contributed by atoms with Gasteiger partial charge in [-0.1, -0.05) is 0 Å². The third kappa shape index (κ3) is 3.76. The number of carbonyl (C=O) groups is 1. The first-order valence-corrected chi connectivity index (χ1v) is 10.5. The summed E-state index contributed by atoms with van der Waals surface area (Å²) in [7, 11) is -2.20. The van der Waals surface area contributed by atoms with Gasteiger partial charge in [-0.05, 0) is 67.2 Å². The molecular weight excluding hydrogens is 334 g/mol. The third-order valence-electron chi connectivity index (χ3n) is 5.00. The van der Waals surface area contributed by atoms with Gasteiger partial charge in [0.15, 0.2) is 0 Å². The Morgan fingerprint density at radius 3 is 2.83 bits per heavy atom. The van der Waals surface area contributed by atoms with E-state index in [1.807, 2.05) is 16.8 Å². The zero-order chi connectivity index (χ0) is 16.5. The summed E-state index contributed by atoms with van der Waals surface area (Å²) in [5, 5.41) is 7.35. The van der Waals surface area contributed by atoms with Crippen LogP contribution in [0.2, 0.25) is 0 Å². The molecule has 2 fully saturated rings. The van der Waals surface area contributed by atoms with E-state index in [9.17, 15) is 13.2 Å². The highest BCUT2D eigenvalue weighted by Gasteiger charge is 2.57. The lowest BCUT2D eigenvalue weighted by atomic mass is 9.93. The minimum atomic E-state index is -3.54. The Kier molecular flexibility index (Phi) is 4.78. The molecule has 23 heavy (non-hydrogen) atoms. The molecule has 2 N–H and O–H groups in total. The highest BCUT2D eigenvalue weighted by atomic mass is 32.2. The van der Waals surface area contributed by atoms with Crippen LogP contribution in [0.25, 0.3) is 0 Å². The number of thiophene rings is 1. The van der Waals surface area contributed by atoms with Crippen molar-refractivity contribution in [2.75, 3.05) is 25.9 Å². The Balaban J connectivity index is 1.76. The summed E-state index contributed by atoms with van der Waals surface area (Å²) < 4.78 is 25.8. The maximum absolute atomic E-state index is 12.6. The lowest BCUT2D eigenvalue weighted by molar-refractivity contribution is -0.130. The number of hydrogen-bond acceptors (Lipinski definition) is 5. The molecule has 2 aliphatic rings. The monoisotopic (exact) mass is 357 g/mol. The van der Waals surface area contributed by atoms with E-state index in [-0.39, 0.29) is 17.4 Å². The van der Waals surface area contributed by atoms with E-state index in [0.29, 0.717) is 6.54 Å². The summed E-state index contributed by atoms with van der Waals surface area (Å²) in [4.78, 5) is 14.4. The van der Waals surface area contributed by atoms with Crippen molar-refractivity contribution in [3.63, 3.8) is 0 Å². The molecule has 0 unspecified atom stereocenters. The van der Waals surface area contributed by atoms with Gasteiger partial charge in [0.25, 0.3) is 0 Å². The van der Waals surface area contributed by atoms with Crippen molar-refractivity contribution < 1.29 is 13.2 Å². The average Bonchev–Trinajstić information content (AvgIpc) is 2.97. The second kappa shape index (κ2) is 6.51. The van der Waals surface area contributed by atoms with Crippen molar-refractivity contribution >= 4 is 27.3 Å². The highest BCUT2D eigenvalue weighted by molar-refractivity contribution is 7.90. The Morgan fingerprint density at radius 2 is 2.22 bits per heavy atom. The smallest absolute Gasteiger partial charge is 0.239 e. The molecule has 1 saturated carbocycles. The standard InChI is InChI=1S/C15H23N3O3S2/c1-16-23(20,21)11-14(19)18(9-12-2-7-22-10-12)13-8-15(13)3-5-17-6-4-15/h2,7,10,13,16-17H,3-6,8-9,11H2,1H3/t13-/m1/s1. The van der Waals surface area contributed by atoms with Crippen LogP contribution < -0.4 is 10.0 Å². The van der Waals surface area contributed by atoms with E-state index in [0.717, 1.165) is 37.9 Å². The normalized spacial score (nSPS) is 22.9. The van der Waals surface area contributed by atoms with Gasteiger partial charge in [0, 0.05) is 12.6 Å². The minimum absolute atomic E-state index is 0.170. The van der Waals surface area contributed by atoms with E-state index in [1.165, 1.54) is 7.05 Å². The molecule has 1 atom stereocenters. The van der Waals surface area contributed by atoms with Crippen molar-refractivity contribution in [1.82, 2.24) is 14.9 Å². The zero-order valence-electron chi connectivity index (χ0n) is 13.2. The molecule has 1 aliphatic heterocycles. The summed E-state index contributed by atoms with van der Waals surface area (Å²) in [5.41, 5.74) is 1.27. The fourth-order valence-corrected chi connectivity index (χ4v) is 4.79. The van der Waals surface area contributed by atoms with Crippen molar-refractivity contribution in [3.05, 3.63) is 22.4 Å². The van der Waals surface area contributed by atoms with Gasteiger partial charge >= 0.3 is 0 Å². The first kappa shape index (κ1) is 16.9. The van der Waals surface area contributed by atoms with E-state index in [1.54, 1.807) is 16.2 Å². The number of nitrogens with zero attached hydrogens (tertiary/aromatic N) is 1. The van der Waals surface area contributed by atoms with Gasteiger partial charge in [-0.15, -0.1) is 0 Å². The van der Waals surface area contributed by atoms with E-state index < -0.39 is 15.8 Å². The van der Waals surface area contributed by atoms with Gasteiger partial charge in [-0.3, -0.25) is 4.79 Å². The maximum Gasteiger partial charge on any atom is 0.239 e. The van der Waals surface area contributed by atoms with Gasteiger partial charge < -0.3 is 10.2 Å². The van der Waals surface area contributed by atoms with Crippen molar-refractivity contribution in [3.8, 4) is 0 Å². The van der Waals surface area contributed by atoms with Gasteiger partial charge in [0.05, 0.1) is 0 Å². The molecule has 6 nitrogen and oxygen atoms in total. The molecule has 1 aromatic heterocycles. The number of rotatable bonds is 6. The fourth-order valence-electron chi connectivity index (χ4n) is 3.50. The molecule has 3 rings (SSSR count). The van der Waals surface area contributed by atoms with Gasteiger partial charge in [0.2, 0.25) is 15.9 Å². The number of carbonyl (C=O) groups excluding carboxylic acids is 1. The molecule has 1 spiro atoms. The van der Waals surface area contributed by atoms with Crippen LogP contribution in [0.1, 0.15) is 24.8 Å². The van der Waals surface area contributed by atoms with Crippen LogP contribution in [0.5, 0.6) is 0 Å². The molecule has 0 bridgehead atoms. The van der Waals surface area contributed by atoms with Crippen LogP contribution in [0.15, 0.2) is 16.8 Å². The van der Waals surface area contributed by atoms with E-state index >= 15 is 0 Å². The Morgan fingerprint density at radius 1 is 1.48 bits per heavy atom. The van der Waals surface area contributed by atoms with Crippen LogP contribution in [-0.4, -0.2) is 51.2 Å². The van der Waals surface area contributed by atoms with E-state index in [2.05, 4.69) is 10.0 Å². The Bertz CT molecular complexity index is 652. The average molecular weight is 358 g/mol. The van der Waals surface area contributed by atoms with Crippen molar-refractivity contribution in [2.45, 2.75) is 31.8 Å². The molecule has 0 radical (unpaired) electrons. The van der Waals surface area contributed by atoms with Crippen LogP contribution in [-0.2, 0) is 21.4 Å². The highest BCUT2D eigenvalue weighted by Crippen LogP contribution is 2.56. The maximum atomic E-state index is 12.6. The lowest BCUT2D eigenvalue weighted by Gasteiger charge is -2.29. The first-order valence-electron chi connectivity index (χ1n) is 7.88. The number of hydrogen-bond donors (Lipinski definition) is 2. The minimum Gasteiger partial charge on any atom is -0.334 e. The molecule has 2 heterocycles. The number of amides is 1. The van der Waals surface area contributed by atoms with Crippen LogP contribution in [0.3, 0.4) is 0 Å². The first-order chi connectivity index (χ1) is 11.0. The second-order valence-corrected chi connectivity index (χ2v) is 9.16. The fraction of sp³-hybridized carbons (Fsp3) is 0.667. The predicted molar refractivity (Wildman–Crippen MR) is 90.7 cm³/mol. The Labute approximate surface area is 141 Å². The molecule has 8 heteroatoms. The lowest BCUT2D eigenvalue weighted by Crippen LogP contribution is -2.42. The van der Waals surface area contributed by atoms with Gasteiger partial charge in [-0.2, -0.15) is 11.3 Å². The molecule has 128 valence electrons. The summed E-state index contributed by atoms with van der Waals surface area (Å²) in [5.74, 6) is -0.774. The largest absolute Gasteiger partial charge is 0.334 e. The zero-order valence-corrected chi connectivity index (χ0v) is 14.9. The van der Waals surface area contributed by atoms with E-state index in [4.69, 9.17) is 0 Å². The quantitative estimate of drug-likeness (QED) is 0.788. The third-order valence-corrected chi connectivity index (χ3v) is 6.98. The van der Waals surface area contributed by atoms with Gasteiger partial charge in [0.1, 0.15) is 5.75 Å².